The number of benzene rings is 2. The summed E-state index contributed by atoms with van der Waals surface area (Å²) in [6, 6.07) is 11.7. The Kier molecular flexibility index (Phi) is 6.42. The first-order valence-corrected chi connectivity index (χ1v) is 11.9. The smallest absolute Gasteiger partial charge is 0.350 e. The van der Waals surface area contributed by atoms with Crippen molar-refractivity contribution in [1.29, 1.82) is 0 Å². The van der Waals surface area contributed by atoms with Crippen molar-refractivity contribution in [2.24, 2.45) is 0 Å². The molecule has 1 atom stereocenters. The summed E-state index contributed by atoms with van der Waals surface area (Å²) in [7, 11) is 1.26. The van der Waals surface area contributed by atoms with Crippen LogP contribution in [-0.2, 0) is 14.3 Å². The molecule has 4 rings (SSSR count). The molecule has 0 bridgehead atoms. The largest absolute Gasteiger partial charge is 0.507 e. The lowest BCUT2D eigenvalue weighted by molar-refractivity contribution is -0.132. The number of aryl methyl sites for hydroxylation is 3. The summed E-state index contributed by atoms with van der Waals surface area (Å²) in [4.78, 5) is 44.6. The molecular weight excluding hydrogens is 520 g/mol. The fourth-order valence-corrected chi connectivity index (χ4v) is 5.17. The third-order valence-electron chi connectivity index (χ3n) is 5.64. The number of aromatic nitrogens is 1. The molecule has 0 spiro atoms. The first kappa shape index (κ1) is 23.8. The number of halogens is 1. The second-order valence-corrected chi connectivity index (χ2v) is 9.83. The Morgan fingerprint density at radius 3 is 2.44 bits per heavy atom. The van der Waals surface area contributed by atoms with Gasteiger partial charge in [0.2, 0.25) is 0 Å². The van der Waals surface area contributed by atoms with Crippen LogP contribution in [0.5, 0.6) is 0 Å². The third kappa shape index (κ3) is 4.05. The molecule has 1 N–H and O–H groups in total. The van der Waals surface area contributed by atoms with Crippen LogP contribution in [0.2, 0.25) is 0 Å². The van der Waals surface area contributed by atoms with E-state index in [0.29, 0.717) is 16.8 Å². The molecule has 1 aliphatic rings. The van der Waals surface area contributed by atoms with Crippen molar-refractivity contribution in [3.8, 4) is 0 Å². The summed E-state index contributed by atoms with van der Waals surface area (Å²) in [5, 5.41) is 11.5. The number of rotatable bonds is 4. The monoisotopic (exact) mass is 540 g/mol. The molecule has 0 radical (unpaired) electrons. The van der Waals surface area contributed by atoms with E-state index in [9.17, 15) is 19.5 Å². The van der Waals surface area contributed by atoms with Gasteiger partial charge in [-0.3, -0.25) is 14.5 Å². The Morgan fingerprint density at radius 2 is 1.79 bits per heavy atom. The number of esters is 1. The maximum absolute atomic E-state index is 13.3. The average molecular weight is 541 g/mol. The lowest BCUT2D eigenvalue weighted by Gasteiger charge is -2.23. The topological polar surface area (TPSA) is 96.8 Å². The number of hydrogen-bond acceptors (Lipinski definition) is 7. The average Bonchev–Trinajstić information content (AvgIpc) is 3.32. The van der Waals surface area contributed by atoms with Gasteiger partial charge in [-0.2, -0.15) is 0 Å². The Bertz CT molecular complexity index is 1360. The van der Waals surface area contributed by atoms with Crippen molar-refractivity contribution in [1.82, 2.24) is 4.98 Å². The number of Topliss-reactive ketones (excluding diaryl/α,β-unsaturated/α-hetero) is 1. The summed E-state index contributed by atoms with van der Waals surface area (Å²) in [5.74, 6) is -2.48. The molecule has 9 heteroatoms. The maximum Gasteiger partial charge on any atom is 0.350 e. The molecule has 1 unspecified atom stereocenters. The molecule has 1 aromatic heterocycles. The molecule has 1 saturated heterocycles. The van der Waals surface area contributed by atoms with Crippen LogP contribution in [0.3, 0.4) is 0 Å². The summed E-state index contributed by atoms with van der Waals surface area (Å²) in [6.07, 6.45) is 0. The summed E-state index contributed by atoms with van der Waals surface area (Å²) in [6.45, 7) is 5.34. The van der Waals surface area contributed by atoms with Crippen molar-refractivity contribution in [2.75, 3.05) is 12.0 Å². The van der Waals surface area contributed by atoms with Crippen molar-refractivity contribution >= 4 is 55.8 Å². The molecule has 1 aliphatic heterocycles. The van der Waals surface area contributed by atoms with Crippen LogP contribution >= 0.6 is 27.3 Å². The number of ether oxygens (including phenoxy) is 1. The number of carbonyl (C=O) groups is 3. The predicted molar refractivity (Wildman–Crippen MR) is 133 cm³/mol. The number of carbonyl (C=O) groups excluding carboxylic acids is 3. The van der Waals surface area contributed by atoms with Gasteiger partial charge in [-0.1, -0.05) is 57.1 Å². The lowest BCUT2D eigenvalue weighted by Crippen LogP contribution is -2.29. The van der Waals surface area contributed by atoms with Crippen molar-refractivity contribution < 1.29 is 24.2 Å². The molecule has 0 saturated carbocycles. The van der Waals surface area contributed by atoms with Crippen LogP contribution in [0.25, 0.3) is 5.76 Å². The molecule has 2 aromatic carbocycles. The van der Waals surface area contributed by atoms with Crippen LogP contribution in [-0.4, -0.2) is 34.9 Å². The number of hydrogen-bond donors (Lipinski definition) is 1. The number of nitrogens with zero attached hydrogens (tertiary/aromatic N) is 2. The standard InChI is InChI=1S/C25H21BrN2O5S/c1-12-5-6-13(2)17(11-12)20(29)18-19(15-7-9-16(26)10-8-15)28(23(31)21(18)30)25-27-14(3)22(34-25)24(32)33-4/h5-11,19,29H,1-4H3/b20-18+. The van der Waals surface area contributed by atoms with E-state index in [1.165, 1.54) is 12.0 Å². The van der Waals surface area contributed by atoms with Crippen LogP contribution in [0.1, 0.15) is 43.7 Å². The molecule has 174 valence electrons. The first-order chi connectivity index (χ1) is 16.1. The minimum absolute atomic E-state index is 0.0338. The number of anilines is 1. The molecular formula is C25H21BrN2O5S. The zero-order valence-electron chi connectivity index (χ0n) is 18.9. The Balaban J connectivity index is 1.97. The van der Waals surface area contributed by atoms with Crippen molar-refractivity contribution in [3.63, 3.8) is 0 Å². The summed E-state index contributed by atoms with van der Waals surface area (Å²) < 4.78 is 5.63. The molecule has 2 heterocycles. The minimum Gasteiger partial charge on any atom is -0.507 e. The van der Waals surface area contributed by atoms with E-state index >= 15 is 0 Å². The number of thiazole rings is 1. The highest BCUT2D eigenvalue weighted by molar-refractivity contribution is 9.10. The molecule has 3 aromatic rings. The Morgan fingerprint density at radius 1 is 1.12 bits per heavy atom. The summed E-state index contributed by atoms with van der Waals surface area (Å²) >= 11 is 4.37. The quantitative estimate of drug-likeness (QED) is 0.210. The highest BCUT2D eigenvalue weighted by Gasteiger charge is 2.48. The first-order valence-electron chi connectivity index (χ1n) is 10.3. The molecule has 7 nitrogen and oxygen atoms in total. The molecule has 1 fully saturated rings. The maximum atomic E-state index is 13.3. The minimum atomic E-state index is -0.927. The zero-order valence-corrected chi connectivity index (χ0v) is 21.3. The number of amides is 1. The number of ketones is 1. The Hall–Kier alpha value is -3.30. The lowest BCUT2D eigenvalue weighted by atomic mass is 9.93. The van der Waals surface area contributed by atoms with E-state index in [1.54, 1.807) is 37.3 Å². The van der Waals surface area contributed by atoms with Crippen molar-refractivity contribution in [3.05, 3.63) is 85.3 Å². The van der Waals surface area contributed by atoms with Gasteiger partial charge in [0.05, 0.1) is 24.4 Å². The van der Waals surface area contributed by atoms with E-state index in [-0.39, 0.29) is 21.3 Å². The third-order valence-corrected chi connectivity index (χ3v) is 7.31. The predicted octanol–water partition coefficient (Wildman–Crippen LogP) is 5.24. The molecule has 0 aliphatic carbocycles. The second kappa shape index (κ2) is 9.15. The van der Waals surface area contributed by atoms with Crippen LogP contribution in [0, 0.1) is 20.8 Å². The Labute approximate surface area is 208 Å². The molecule has 1 amide bonds. The van der Waals surface area contributed by atoms with Gasteiger partial charge in [0.15, 0.2) is 5.13 Å². The van der Waals surface area contributed by atoms with Crippen LogP contribution < -0.4 is 4.90 Å². The van der Waals surface area contributed by atoms with Gasteiger partial charge in [0.1, 0.15) is 10.6 Å². The number of aliphatic hydroxyl groups excluding tert-OH is 1. The van der Waals surface area contributed by atoms with Gasteiger partial charge in [-0.15, -0.1) is 0 Å². The highest BCUT2D eigenvalue weighted by Crippen LogP contribution is 2.44. The number of aliphatic hydroxyl groups is 1. The van der Waals surface area contributed by atoms with E-state index in [2.05, 4.69) is 20.9 Å². The van der Waals surface area contributed by atoms with E-state index in [0.717, 1.165) is 26.9 Å². The van der Waals surface area contributed by atoms with Crippen LogP contribution in [0.4, 0.5) is 5.13 Å². The van der Waals surface area contributed by atoms with Crippen LogP contribution in [0.15, 0.2) is 52.5 Å². The van der Waals surface area contributed by atoms with Gasteiger partial charge in [-0.05, 0) is 50.1 Å². The zero-order chi connectivity index (χ0) is 24.7. The molecule has 34 heavy (non-hydrogen) atoms. The normalized spacial score (nSPS) is 17.3. The second-order valence-electron chi connectivity index (χ2n) is 7.94. The van der Waals surface area contributed by atoms with E-state index in [4.69, 9.17) is 4.74 Å². The van der Waals surface area contributed by atoms with Gasteiger partial charge >= 0.3 is 11.9 Å². The van der Waals surface area contributed by atoms with Gasteiger partial charge in [0, 0.05) is 10.0 Å². The highest BCUT2D eigenvalue weighted by atomic mass is 79.9. The fourth-order valence-electron chi connectivity index (χ4n) is 3.89. The fraction of sp³-hybridized carbons (Fsp3) is 0.200. The van der Waals surface area contributed by atoms with Gasteiger partial charge < -0.3 is 9.84 Å². The van der Waals surface area contributed by atoms with Crippen molar-refractivity contribution in [2.45, 2.75) is 26.8 Å². The number of methoxy groups -OCH3 is 1. The van der Waals surface area contributed by atoms with E-state index in [1.807, 2.05) is 26.0 Å². The van der Waals surface area contributed by atoms with Gasteiger partial charge in [-0.25, -0.2) is 9.78 Å². The summed E-state index contributed by atoms with van der Waals surface area (Å²) in [5.41, 5.74) is 3.11. The van der Waals surface area contributed by atoms with E-state index < -0.39 is 23.7 Å². The van der Waals surface area contributed by atoms with Gasteiger partial charge in [0.25, 0.3) is 5.78 Å². The SMILES string of the molecule is COC(=O)c1sc(N2C(=O)C(=O)/C(=C(/O)c3cc(C)ccc3C)C2c2ccc(Br)cc2)nc1C.